The fraction of sp³-hybridized carbons (Fsp3) is 0.467. The van der Waals surface area contributed by atoms with Gasteiger partial charge in [-0.15, -0.1) is 10.2 Å². The molecule has 1 aliphatic rings. The number of rotatable bonds is 6. The van der Waals surface area contributed by atoms with E-state index < -0.39 is 6.10 Å². The maximum Gasteiger partial charge on any atom is 0.230 e. The van der Waals surface area contributed by atoms with Gasteiger partial charge in [-0.3, -0.25) is 4.90 Å². The monoisotopic (exact) mass is 291 g/mol. The van der Waals surface area contributed by atoms with Crippen LogP contribution < -0.4 is 0 Å². The van der Waals surface area contributed by atoms with Crippen molar-refractivity contribution < 1.29 is 13.9 Å². The van der Waals surface area contributed by atoms with Crippen molar-refractivity contribution in [2.75, 3.05) is 6.54 Å². The highest BCUT2D eigenvalue weighted by Crippen LogP contribution is 2.30. The van der Waals surface area contributed by atoms with Crippen LogP contribution in [-0.2, 0) is 6.54 Å². The minimum absolute atomic E-state index is 0.300. The van der Waals surface area contributed by atoms with Crippen molar-refractivity contribution in [2.24, 2.45) is 0 Å². The van der Waals surface area contributed by atoms with Crippen molar-refractivity contribution in [1.29, 1.82) is 0 Å². The third-order valence-electron chi connectivity index (χ3n) is 3.63. The molecule has 112 valence electrons. The topological polar surface area (TPSA) is 62.4 Å². The van der Waals surface area contributed by atoms with Crippen LogP contribution in [0.15, 0.2) is 28.7 Å². The van der Waals surface area contributed by atoms with E-state index in [0.717, 1.165) is 12.8 Å². The maximum atomic E-state index is 12.9. The molecule has 6 heteroatoms. The van der Waals surface area contributed by atoms with E-state index in [-0.39, 0.29) is 5.82 Å². The first kappa shape index (κ1) is 14.2. The molecule has 1 aromatic heterocycles. The highest BCUT2D eigenvalue weighted by molar-refractivity contribution is 5.18. The molecule has 1 saturated carbocycles. The van der Waals surface area contributed by atoms with Crippen molar-refractivity contribution in [2.45, 2.75) is 38.5 Å². The molecule has 1 aliphatic carbocycles. The van der Waals surface area contributed by atoms with Crippen LogP contribution in [0.2, 0.25) is 0 Å². The Balaban J connectivity index is 1.66. The quantitative estimate of drug-likeness (QED) is 0.884. The molecule has 0 spiro atoms. The number of hydrogen-bond donors (Lipinski definition) is 1. The van der Waals surface area contributed by atoms with Gasteiger partial charge in [0.2, 0.25) is 11.8 Å². The van der Waals surface area contributed by atoms with Gasteiger partial charge in [0.15, 0.2) is 0 Å². The highest BCUT2D eigenvalue weighted by atomic mass is 19.1. The molecule has 0 amide bonds. The molecular weight excluding hydrogens is 273 g/mol. The number of benzene rings is 1. The van der Waals surface area contributed by atoms with Crippen molar-refractivity contribution in [3.8, 4) is 0 Å². The van der Waals surface area contributed by atoms with Gasteiger partial charge in [0, 0.05) is 19.5 Å². The summed E-state index contributed by atoms with van der Waals surface area (Å²) in [5.74, 6) is 0.803. The third kappa shape index (κ3) is 3.65. The van der Waals surface area contributed by atoms with Crippen LogP contribution in [0, 0.1) is 12.7 Å². The zero-order chi connectivity index (χ0) is 14.8. The van der Waals surface area contributed by atoms with E-state index in [2.05, 4.69) is 15.1 Å². The molecule has 1 aromatic carbocycles. The number of hydrogen-bond acceptors (Lipinski definition) is 5. The molecule has 1 heterocycles. The molecule has 5 nitrogen and oxygen atoms in total. The van der Waals surface area contributed by atoms with Crippen LogP contribution >= 0.6 is 0 Å². The van der Waals surface area contributed by atoms with Crippen LogP contribution in [0.3, 0.4) is 0 Å². The summed E-state index contributed by atoms with van der Waals surface area (Å²) in [6.07, 6.45) is 1.57. The molecule has 1 N–H and O–H groups in total. The summed E-state index contributed by atoms with van der Waals surface area (Å²) < 4.78 is 18.3. The minimum atomic E-state index is -0.657. The van der Waals surface area contributed by atoms with Crippen LogP contribution in [0.1, 0.15) is 36.3 Å². The van der Waals surface area contributed by atoms with Crippen molar-refractivity contribution in [3.63, 3.8) is 0 Å². The lowest BCUT2D eigenvalue weighted by atomic mass is 10.1. The number of aryl methyl sites for hydroxylation is 1. The zero-order valence-corrected chi connectivity index (χ0v) is 11.9. The van der Waals surface area contributed by atoms with E-state index >= 15 is 0 Å². The zero-order valence-electron chi connectivity index (χ0n) is 11.9. The summed E-state index contributed by atoms with van der Waals surface area (Å²) in [7, 11) is 0. The van der Waals surface area contributed by atoms with Gasteiger partial charge in [0.1, 0.15) is 5.82 Å². The molecule has 3 rings (SSSR count). The number of nitrogens with zero attached hydrogens (tertiary/aromatic N) is 3. The molecule has 0 saturated heterocycles. The summed E-state index contributed by atoms with van der Waals surface area (Å²) >= 11 is 0. The maximum absolute atomic E-state index is 12.9. The summed E-state index contributed by atoms with van der Waals surface area (Å²) in [6, 6.07) is 6.40. The summed E-state index contributed by atoms with van der Waals surface area (Å²) in [5, 5.41) is 18.1. The molecule has 2 aromatic rings. The van der Waals surface area contributed by atoms with Gasteiger partial charge in [0.05, 0.1) is 12.6 Å². The lowest BCUT2D eigenvalue weighted by Gasteiger charge is -2.23. The summed E-state index contributed by atoms with van der Waals surface area (Å²) in [5.41, 5.74) is 0.712. The molecule has 1 atom stereocenters. The molecule has 21 heavy (non-hydrogen) atoms. The number of aliphatic hydroxyl groups excluding tert-OH is 1. The predicted molar refractivity (Wildman–Crippen MR) is 73.8 cm³/mol. The fourth-order valence-electron chi connectivity index (χ4n) is 2.37. The lowest BCUT2D eigenvalue weighted by molar-refractivity contribution is 0.0986. The SMILES string of the molecule is Cc1nnc(CN(CC(O)c2ccc(F)cc2)C2CC2)o1. The Morgan fingerprint density at radius 3 is 2.62 bits per heavy atom. The average molecular weight is 291 g/mol. The number of halogens is 1. The van der Waals surface area contributed by atoms with E-state index in [1.807, 2.05) is 0 Å². The molecular formula is C15H18FN3O2. The van der Waals surface area contributed by atoms with Crippen molar-refractivity contribution in [3.05, 3.63) is 47.4 Å². The Kier molecular flexibility index (Phi) is 3.98. The van der Waals surface area contributed by atoms with Gasteiger partial charge in [-0.2, -0.15) is 0 Å². The second-order valence-electron chi connectivity index (χ2n) is 5.44. The Hall–Kier alpha value is -1.79. The van der Waals surface area contributed by atoms with E-state index in [9.17, 15) is 9.50 Å². The van der Waals surface area contributed by atoms with Gasteiger partial charge in [-0.25, -0.2) is 4.39 Å². The van der Waals surface area contributed by atoms with Crippen molar-refractivity contribution >= 4 is 0 Å². The Bertz CT molecular complexity index is 595. The van der Waals surface area contributed by atoms with Crippen LogP contribution in [-0.4, -0.2) is 32.8 Å². The molecule has 0 aliphatic heterocycles. The molecule has 1 unspecified atom stereocenters. The Morgan fingerprint density at radius 1 is 1.33 bits per heavy atom. The van der Waals surface area contributed by atoms with Crippen LogP contribution in [0.4, 0.5) is 4.39 Å². The first-order chi connectivity index (χ1) is 10.1. The first-order valence-electron chi connectivity index (χ1n) is 7.08. The van der Waals surface area contributed by atoms with Gasteiger partial charge in [-0.1, -0.05) is 12.1 Å². The first-order valence-corrected chi connectivity index (χ1v) is 7.08. The average Bonchev–Trinajstić information content (AvgIpc) is 3.23. The lowest BCUT2D eigenvalue weighted by Crippen LogP contribution is -2.30. The van der Waals surface area contributed by atoms with Crippen molar-refractivity contribution in [1.82, 2.24) is 15.1 Å². The second-order valence-corrected chi connectivity index (χ2v) is 5.44. The van der Waals surface area contributed by atoms with E-state index in [4.69, 9.17) is 4.42 Å². The molecule has 1 fully saturated rings. The molecule has 0 radical (unpaired) electrons. The number of aromatic nitrogens is 2. The van der Waals surface area contributed by atoms with Gasteiger partial charge in [0.25, 0.3) is 0 Å². The predicted octanol–water partition coefficient (Wildman–Crippen LogP) is 2.22. The largest absolute Gasteiger partial charge is 0.424 e. The second kappa shape index (κ2) is 5.91. The van der Waals surface area contributed by atoms with Gasteiger partial charge >= 0.3 is 0 Å². The standard InChI is InChI=1S/C15H18FN3O2/c1-10-17-18-15(21-10)9-19(13-6-7-13)8-14(20)11-2-4-12(16)5-3-11/h2-5,13-14,20H,6-9H2,1H3. The smallest absolute Gasteiger partial charge is 0.230 e. The van der Waals surface area contributed by atoms with Crippen LogP contribution in [0.5, 0.6) is 0 Å². The summed E-state index contributed by atoms with van der Waals surface area (Å²) in [4.78, 5) is 2.14. The fourth-order valence-corrected chi connectivity index (χ4v) is 2.37. The van der Waals surface area contributed by atoms with Crippen LogP contribution in [0.25, 0.3) is 0 Å². The number of aliphatic hydroxyl groups is 1. The van der Waals surface area contributed by atoms with E-state index in [0.29, 0.717) is 36.5 Å². The highest BCUT2D eigenvalue weighted by Gasteiger charge is 2.31. The Labute approximate surface area is 122 Å². The van der Waals surface area contributed by atoms with E-state index in [1.165, 1.54) is 12.1 Å². The minimum Gasteiger partial charge on any atom is -0.424 e. The van der Waals surface area contributed by atoms with Gasteiger partial charge in [-0.05, 0) is 30.5 Å². The normalized spacial score (nSPS) is 16.4. The van der Waals surface area contributed by atoms with Gasteiger partial charge < -0.3 is 9.52 Å². The van der Waals surface area contributed by atoms with E-state index in [1.54, 1.807) is 19.1 Å². The summed E-state index contributed by atoms with van der Waals surface area (Å²) in [6.45, 7) is 2.76. The Morgan fingerprint density at radius 2 is 2.05 bits per heavy atom. The third-order valence-corrected chi connectivity index (χ3v) is 3.63. The molecule has 0 bridgehead atoms.